The van der Waals surface area contributed by atoms with Crippen LogP contribution < -0.4 is 25.0 Å². The van der Waals surface area contributed by atoms with Crippen LogP contribution >= 0.6 is 11.6 Å². The van der Waals surface area contributed by atoms with Crippen LogP contribution in [0.25, 0.3) is 0 Å². The van der Waals surface area contributed by atoms with Crippen molar-refractivity contribution >= 4 is 35.3 Å². The molecule has 0 spiro atoms. The fraction of sp³-hybridized carbons (Fsp3) is 0.100. The zero-order chi connectivity index (χ0) is 27.5. The number of hydrogen-bond donors (Lipinski definition) is 2. The molecule has 0 aliphatic carbocycles. The Morgan fingerprint density at radius 2 is 1.56 bits per heavy atom. The van der Waals surface area contributed by atoms with Gasteiger partial charge >= 0.3 is 0 Å². The number of anilines is 1. The number of rotatable bonds is 11. The average molecular weight is 544 g/mol. The maximum atomic E-state index is 12.7. The zero-order valence-electron chi connectivity index (χ0n) is 21.1. The molecule has 0 saturated carbocycles. The molecule has 4 aromatic carbocycles. The molecular formula is C30H26ClN3O5. The summed E-state index contributed by atoms with van der Waals surface area (Å²) in [6, 6.07) is 28.5. The van der Waals surface area contributed by atoms with Crippen molar-refractivity contribution in [3.63, 3.8) is 0 Å². The monoisotopic (exact) mass is 543 g/mol. The van der Waals surface area contributed by atoms with Crippen molar-refractivity contribution in [2.45, 2.75) is 6.61 Å². The molecule has 198 valence electrons. The number of benzene rings is 4. The second kappa shape index (κ2) is 13.6. The van der Waals surface area contributed by atoms with Crippen molar-refractivity contribution in [1.29, 1.82) is 0 Å². The minimum absolute atomic E-state index is 0.220. The van der Waals surface area contributed by atoms with Gasteiger partial charge in [0.15, 0.2) is 18.1 Å². The fourth-order valence-corrected chi connectivity index (χ4v) is 3.68. The van der Waals surface area contributed by atoms with Gasteiger partial charge in [-0.3, -0.25) is 9.59 Å². The van der Waals surface area contributed by atoms with Crippen molar-refractivity contribution < 1.29 is 23.8 Å². The van der Waals surface area contributed by atoms with Gasteiger partial charge in [-0.15, -0.1) is 0 Å². The number of carbonyl (C=O) groups excluding carboxylic acids is 2. The van der Waals surface area contributed by atoms with Gasteiger partial charge in [0.25, 0.3) is 11.8 Å². The Morgan fingerprint density at radius 3 is 2.31 bits per heavy atom. The van der Waals surface area contributed by atoms with E-state index in [4.69, 9.17) is 25.8 Å². The van der Waals surface area contributed by atoms with Crippen LogP contribution in [0.5, 0.6) is 17.2 Å². The van der Waals surface area contributed by atoms with E-state index >= 15 is 0 Å². The number of carbonyl (C=O) groups is 2. The first-order valence-corrected chi connectivity index (χ1v) is 12.3. The van der Waals surface area contributed by atoms with E-state index in [0.717, 1.165) is 5.56 Å². The molecule has 0 atom stereocenters. The molecule has 4 aromatic rings. The second-order valence-corrected chi connectivity index (χ2v) is 8.66. The molecule has 0 aromatic heterocycles. The zero-order valence-corrected chi connectivity index (χ0v) is 21.9. The molecule has 4 rings (SSSR count). The van der Waals surface area contributed by atoms with Gasteiger partial charge in [0.2, 0.25) is 0 Å². The van der Waals surface area contributed by atoms with E-state index in [1.807, 2.05) is 48.5 Å². The maximum Gasteiger partial charge on any atom is 0.271 e. The largest absolute Gasteiger partial charge is 0.493 e. The van der Waals surface area contributed by atoms with Crippen LogP contribution in [-0.4, -0.2) is 31.7 Å². The quantitative estimate of drug-likeness (QED) is 0.186. The molecule has 2 amide bonds. The minimum Gasteiger partial charge on any atom is -0.493 e. The molecule has 0 saturated heterocycles. The van der Waals surface area contributed by atoms with Crippen LogP contribution in [0.15, 0.2) is 102 Å². The summed E-state index contributed by atoms with van der Waals surface area (Å²) < 4.78 is 16.9. The molecule has 2 N–H and O–H groups in total. The van der Waals surface area contributed by atoms with Gasteiger partial charge in [0, 0.05) is 21.8 Å². The van der Waals surface area contributed by atoms with Gasteiger partial charge in [0.05, 0.1) is 13.3 Å². The standard InChI is InChI=1S/C30H26ClN3O5/c1-37-28-17-22(12-14-27(28)38-19-21-8-4-2-5-9-21)30(36)34-32-18-23-16-24(31)13-15-26(23)39-20-29(35)33-25-10-6-3-7-11-25/h2-18H,19-20H2,1H3,(H,33,35)(H,34,36)/b32-18+. The summed E-state index contributed by atoms with van der Waals surface area (Å²) in [6.07, 6.45) is 1.39. The van der Waals surface area contributed by atoms with Crippen LogP contribution in [0.1, 0.15) is 21.5 Å². The number of nitrogens with one attached hydrogen (secondary N) is 2. The Hall–Kier alpha value is -4.82. The molecule has 9 heteroatoms. The highest BCUT2D eigenvalue weighted by molar-refractivity contribution is 6.30. The highest BCUT2D eigenvalue weighted by Gasteiger charge is 2.12. The van der Waals surface area contributed by atoms with Crippen molar-refractivity contribution in [1.82, 2.24) is 5.43 Å². The van der Waals surface area contributed by atoms with Crippen molar-refractivity contribution in [2.75, 3.05) is 19.0 Å². The number of methoxy groups -OCH3 is 1. The van der Waals surface area contributed by atoms with Crippen LogP contribution in [0, 0.1) is 0 Å². The highest BCUT2D eigenvalue weighted by Crippen LogP contribution is 2.29. The van der Waals surface area contributed by atoms with E-state index in [1.54, 1.807) is 48.5 Å². The van der Waals surface area contributed by atoms with Gasteiger partial charge in [-0.1, -0.05) is 60.1 Å². The predicted octanol–water partition coefficient (Wildman–Crippen LogP) is 5.71. The molecule has 0 aliphatic heterocycles. The van der Waals surface area contributed by atoms with Crippen LogP contribution in [-0.2, 0) is 11.4 Å². The SMILES string of the molecule is COc1cc(C(=O)N/N=C/c2cc(Cl)ccc2OCC(=O)Nc2ccccc2)ccc1OCc1ccccc1. The normalized spacial score (nSPS) is 10.6. The lowest BCUT2D eigenvalue weighted by Gasteiger charge is -2.12. The minimum atomic E-state index is -0.453. The molecule has 0 fully saturated rings. The summed E-state index contributed by atoms with van der Waals surface area (Å²) in [6.45, 7) is 0.146. The third-order valence-corrected chi connectivity index (χ3v) is 5.66. The topological polar surface area (TPSA) is 98.3 Å². The molecule has 0 radical (unpaired) electrons. The lowest BCUT2D eigenvalue weighted by molar-refractivity contribution is -0.118. The van der Waals surface area contributed by atoms with E-state index < -0.39 is 5.91 Å². The van der Waals surface area contributed by atoms with Crippen LogP contribution in [0.2, 0.25) is 5.02 Å². The number of nitrogens with zero attached hydrogens (tertiary/aromatic N) is 1. The molecule has 0 unspecified atom stereocenters. The lowest BCUT2D eigenvalue weighted by atomic mass is 10.2. The Bertz CT molecular complexity index is 1450. The number of halogens is 1. The van der Waals surface area contributed by atoms with E-state index in [2.05, 4.69) is 15.8 Å². The Morgan fingerprint density at radius 1 is 0.846 bits per heavy atom. The molecule has 39 heavy (non-hydrogen) atoms. The van der Waals surface area contributed by atoms with Crippen molar-refractivity contribution in [3.05, 3.63) is 119 Å². The molecule has 0 heterocycles. The van der Waals surface area contributed by atoms with E-state index in [-0.39, 0.29) is 12.5 Å². The summed E-state index contributed by atoms with van der Waals surface area (Å²) in [5, 5.41) is 7.23. The van der Waals surface area contributed by atoms with E-state index in [9.17, 15) is 9.59 Å². The second-order valence-electron chi connectivity index (χ2n) is 8.22. The summed E-state index contributed by atoms with van der Waals surface area (Å²) in [5.74, 6) is 0.533. The molecule has 0 aliphatic rings. The fourth-order valence-electron chi connectivity index (χ4n) is 3.50. The summed E-state index contributed by atoms with van der Waals surface area (Å²) >= 11 is 6.13. The Labute approximate surface area is 231 Å². The Balaban J connectivity index is 1.36. The van der Waals surface area contributed by atoms with Crippen LogP contribution in [0.3, 0.4) is 0 Å². The van der Waals surface area contributed by atoms with Gasteiger partial charge in [-0.2, -0.15) is 5.10 Å². The highest BCUT2D eigenvalue weighted by atomic mass is 35.5. The van der Waals surface area contributed by atoms with Crippen LogP contribution in [0.4, 0.5) is 5.69 Å². The summed E-state index contributed by atoms with van der Waals surface area (Å²) in [5.41, 5.74) is 4.97. The first kappa shape index (κ1) is 27.2. The molecule has 0 bridgehead atoms. The lowest BCUT2D eigenvalue weighted by Crippen LogP contribution is -2.20. The van der Waals surface area contributed by atoms with E-state index in [0.29, 0.717) is 45.7 Å². The molecule has 8 nitrogen and oxygen atoms in total. The summed E-state index contributed by atoms with van der Waals surface area (Å²) in [7, 11) is 1.51. The van der Waals surface area contributed by atoms with Crippen molar-refractivity contribution in [2.24, 2.45) is 5.10 Å². The third-order valence-electron chi connectivity index (χ3n) is 5.42. The maximum absolute atomic E-state index is 12.7. The predicted molar refractivity (Wildman–Crippen MR) is 151 cm³/mol. The number of para-hydroxylation sites is 1. The number of hydrogen-bond acceptors (Lipinski definition) is 6. The molecular weight excluding hydrogens is 518 g/mol. The van der Waals surface area contributed by atoms with Gasteiger partial charge < -0.3 is 19.5 Å². The van der Waals surface area contributed by atoms with Gasteiger partial charge in [-0.05, 0) is 54.1 Å². The van der Waals surface area contributed by atoms with Crippen molar-refractivity contribution in [3.8, 4) is 17.2 Å². The first-order chi connectivity index (χ1) is 19.0. The number of ether oxygens (including phenoxy) is 3. The van der Waals surface area contributed by atoms with E-state index in [1.165, 1.54) is 13.3 Å². The third kappa shape index (κ3) is 8.08. The van der Waals surface area contributed by atoms with Gasteiger partial charge in [-0.25, -0.2) is 5.43 Å². The van der Waals surface area contributed by atoms with Gasteiger partial charge in [0.1, 0.15) is 12.4 Å². The smallest absolute Gasteiger partial charge is 0.271 e. The average Bonchev–Trinajstić information content (AvgIpc) is 2.96. The summed E-state index contributed by atoms with van der Waals surface area (Å²) in [4.78, 5) is 24.9. The number of amides is 2. The number of hydrazone groups is 1. The Kier molecular flexibility index (Phi) is 9.52. The first-order valence-electron chi connectivity index (χ1n) is 12.0.